The Balaban J connectivity index is 1.34. The van der Waals surface area contributed by atoms with E-state index >= 15 is 4.39 Å². The zero-order valence-electron chi connectivity index (χ0n) is 21.0. The Morgan fingerprint density at radius 2 is 1.85 bits per heavy atom. The van der Waals surface area contributed by atoms with Gasteiger partial charge in [-0.15, -0.1) is 0 Å². The number of nitrogens with one attached hydrogen (secondary N) is 2. The number of halogens is 2. The van der Waals surface area contributed by atoms with E-state index in [2.05, 4.69) is 36.9 Å². The van der Waals surface area contributed by atoms with Crippen molar-refractivity contribution in [2.75, 3.05) is 30.2 Å². The van der Waals surface area contributed by atoms with Crippen molar-refractivity contribution in [3.05, 3.63) is 84.0 Å². The molecule has 0 aliphatic carbocycles. The molecule has 0 amide bonds. The molecule has 0 atom stereocenters. The zero-order chi connectivity index (χ0) is 27.4. The molecule has 1 aliphatic heterocycles. The van der Waals surface area contributed by atoms with E-state index in [0.29, 0.717) is 23.0 Å². The highest BCUT2D eigenvalue weighted by molar-refractivity contribution is 7.92. The predicted molar refractivity (Wildman–Crippen MR) is 148 cm³/mol. The fraction of sp³-hybridized carbons (Fsp3) is 0.222. The number of ether oxygens (including phenoxy) is 1. The lowest BCUT2D eigenvalue weighted by Gasteiger charge is -2.29. The van der Waals surface area contributed by atoms with Crippen LogP contribution in [0.5, 0.6) is 11.5 Å². The van der Waals surface area contributed by atoms with Crippen molar-refractivity contribution in [1.29, 1.82) is 0 Å². The highest BCUT2D eigenvalue weighted by Crippen LogP contribution is 2.34. The summed E-state index contributed by atoms with van der Waals surface area (Å²) in [5, 5.41) is 3.46. The van der Waals surface area contributed by atoms with Crippen molar-refractivity contribution in [3.63, 3.8) is 0 Å². The fourth-order valence-corrected chi connectivity index (χ4v) is 5.79. The van der Waals surface area contributed by atoms with E-state index in [1.165, 1.54) is 30.5 Å². The summed E-state index contributed by atoms with van der Waals surface area (Å²) in [6, 6.07) is 13.4. The van der Waals surface area contributed by atoms with E-state index in [9.17, 15) is 8.42 Å². The van der Waals surface area contributed by atoms with Gasteiger partial charge in [0.2, 0.25) is 5.95 Å². The zero-order valence-corrected chi connectivity index (χ0v) is 22.6. The molecule has 2 N–H and O–H groups in total. The molecule has 0 radical (unpaired) electrons. The minimum absolute atomic E-state index is 0.0233. The van der Waals surface area contributed by atoms with Crippen LogP contribution in [-0.4, -0.2) is 54.4 Å². The largest absolute Gasteiger partial charge is 0.453 e. The Hall–Kier alpha value is -3.80. The third-order valence-electron chi connectivity index (χ3n) is 6.29. The molecule has 2 aromatic carbocycles. The minimum Gasteiger partial charge on any atom is -0.453 e. The molecule has 0 saturated carbocycles. The summed E-state index contributed by atoms with van der Waals surface area (Å²) >= 11 is 6.02. The third-order valence-corrected chi connectivity index (χ3v) is 8.18. The van der Waals surface area contributed by atoms with Gasteiger partial charge in [0.25, 0.3) is 10.0 Å². The molecule has 12 heteroatoms. The van der Waals surface area contributed by atoms with Crippen molar-refractivity contribution in [2.24, 2.45) is 0 Å². The number of pyridine rings is 1. The highest BCUT2D eigenvalue weighted by atomic mass is 35.5. The van der Waals surface area contributed by atoms with Crippen LogP contribution in [0.15, 0.2) is 78.1 Å². The molecule has 9 nitrogen and oxygen atoms in total. The van der Waals surface area contributed by atoms with Crippen LogP contribution < -0.4 is 14.8 Å². The first-order valence-corrected chi connectivity index (χ1v) is 14.1. The molecular weight excluding hydrogens is 543 g/mol. The fourth-order valence-electron chi connectivity index (χ4n) is 4.22. The van der Waals surface area contributed by atoms with Crippen molar-refractivity contribution in [1.82, 2.24) is 19.9 Å². The van der Waals surface area contributed by atoms with Gasteiger partial charge in [-0.1, -0.05) is 23.7 Å². The summed E-state index contributed by atoms with van der Waals surface area (Å²) in [5.74, 6) is -0.0262. The number of sulfonamides is 1. The Labute approximate surface area is 231 Å². The molecule has 202 valence electrons. The SMILES string of the molecule is CN1CCC(Nc2nccc(-c3cnccc3Oc3ccc(NS(=O)(=O)c4ccccc4Cl)cc3F)n2)CC1. The molecule has 0 unspecified atom stereocenters. The Morgan fingerprint density at radius 3 is 2.62 bits per heavy atom. The molecule has 39 heavy (non-hydrogen) atoms. The van der Waals surface area contributed by atoms with Gasteiger partial charge < -0.3 is 15.0 Å². The van der Waals surface area contributed by atoms with E-state index in [1.54, 1.807) is 36.7 Å². The van der Waals surface area contributed by atoms with Crippen LogP contribution >= 0.6 is 11.6 Å². The number of benzene rings is 2. The monoisotopic (exact) mass is 568 g/mol. The number of aromatic nitrogens is 3. The second-order valence-electron chi connectivity index (χ2n) is 9.14. The van der Waals surface area contributed by atoms with Crippen LogP contribution in [0.25, 0.3) is 11.3 Å². The topological polar surface area (TPSA) is 109 Å². The molecular formula is C27H26ClFN6O3S. The smallest absolute Gasteiger partial charge is 0.263 e. The molecule has 5 rings (SSSR count). The second-order valence-corrected chi connectivity index (χ2v) is 11.2. The Bertz CT molecular complexity index is 1580. The third kappa shape index (κ3) is 6.44. The Kier molecular flexibility index (Phi) is 7.92. The van der Waals surface area contributed by atoms with Crippen LogP contribution in [0.3, 0.4) is 0 Å². The number of hydrogen-bond acceptors (Lipinski definition) is 8. The van der Waals surface area contributed by atoms with Gasteiger partial charge in [-0.25, -0.2) is 22.8 Å². The van der Waals surface area contributed by atoms with Crippen LogP contribution in [0.1, 0.15) is 12.8 Å². The number of likely N-dealkylation sites (tertiary alicyclic amines) is 1. The van der Waals surface area contributed by atoms with Gasteiger partial charge in [0, 0.05) is 30.7 Å². The van der Waals surface area contributed by atoms with Gasteiger partial charge in [0.15, 0.2) is 11.6 Å². The average Bonchev–Trinajstić information content (AvgIpc) is 2.92. The molecule has 0 spiro atoms. The lowest BCUT2D eigenvalue weighted by molar-refractivity contribution is 0.263. The molecule has 2 aromatic heterocycles. The number of rotatable bonds is 8. The van der Waals surface area contributed by atoms with Gasteiger partial charge in [0.05, 0.1) is 22.0 Å². The maximum absolute atomic E-state index is 15.0. The van der Waals surface area contributed by atoms with Crippen LogP contribution in [0.4, 0.5) is 16.0 Å². The molecule has 4 aromatic rings. The highest BCUT2D eigenvalue weighted by Gasteiger charge is 2.20. The summed E-state index contributed by atoms with van der Waals surface area (Å²) in [7, 11) is -1.91. The Morgan fingerprint density at radius 1 is 1.05 bits per heavy atom. The van der Waals surface area contributed by atoms with E-state index < -0.39 is 15.8 Å². The van der Waals surface area contributed by atoms with Crippen LogP contribution in [-0.2, 0) is 10.0 Å². The quantitative estimate of drug-likeness (QED) is 0.289. The summed E-state index contributed by atoms with van der Waals surface area (Å²) in [6.07, 6.45) is 6.75. The van der Waals surface area contributed by atoms with Crippen molar-refractivity contribution in [3.8, 4) is 22.8 Å². The first-order valence-electron chi connectivity index (χ1n) is 12.3. The van der Waals surface area contributed by atoms with Crippen molar-refractivity contribution >= 4 is 33.3 Å². The first kappa shape index (κ1) is 26.8. The minimum atomic E-state index is -4.01. The average molecular weight is 569 g/mol. The van der Waals surface area contributed by atoms with Crippen molar-refractivity contribution < 1.29 is 17.5 Å². The predicted octanol–water partition coefficient (Wildman–Crippen LogP) is 5.43. The summed E-state index contributed by atoms with van der Waals surface area (Å²) < 4.78 is 48.7. The molecule has 1 fully saturated rings. The maximum Gasteiger partial charge on any atom is 0.263 e. The summed E-state index contributed by atoms with van der Waals surface area (Å²) in [5.41, 5.74) is 1.14. The van der Waals surface area contributed by atoms with E-state index in [4.69, 9.17) is 16.3 Å². The standard InChI is InChI=1S/C27H26ClFN6O3S/c1-35-14-10-18(11-15-35)32-27-31-13-8-23(33-27)20-17-30-12-9-24(20)38-25-7-6-19(16-22(25)29)34-39(36,37)26-5-3-2-4-21(26)28/h2-9,12-13,16-18,34H,10-11,14-15H2,1H3,(H,31,32,33). The lowest BCUT2D eigenvalue weighted by atomic mass is 10.1. The molecule has 3 heterocycles. The van der Waals surface area contributed by atoms with Crippen LogP contribution in [0.2, 0.25) is 5.02 Å². The van der Waals surface area contributed by atoms with E-state index in [0.717, 1.165) is 32.0 Å². The number of anilines is 2. The van der Waals surface area contributed by atoms with Gasteiger partial charge in [-0.3, -0.25) is 9.71 Å². The van der Waals surface area contributed by atoms with Gasteiger partial charge >= 0.3 is 0 Å². The maximum atomic E-state index is 15.0. The summed E-state index contributed by atoms with van der Waals surface area (Å²) in [6.45, 7) is 2.01. The van der Waals surface area contributed by atoms with Gasteiger partial charge in [0.1, 0.15) is 10.6 Å². The summed E-state index contributed by atoms with van der Waals surface area (Å²) in [4.78, 5) is 15.3. The van der Waals surface area contributed by atoms with E-state index in [1.807, 2.05) is 0 Å². The molecule has 1 aliphatic rings. The number of nitrogens with zero attached hydrogens (tertiary/aromatic N) is 4. The first-order chi connectivity index (χ1) is 18.8. The van der Waals surface area contributed by atoms with Crippen molar-refractivity contribution in [2.45, 2.75) is 23.8 Å². The number of piperidine rings is 1. The van der Waals surface area contributed by atoms with E-state index in [-0.39, 0.29) is 27.4 Å². The normalized spacial score (nSPS) is 14.6. The molecule has 1 saturated heterocycles. The van der Waals surface area contributed by atoms with Gasteiger partial charge in [-0.2, -0.15) is 0 Å². The van der Waals surface area contributed by atoms with Crippen LogP contribution in [0, 0.1) is 5.82 Å². The van der Waals surface area contributed by atoms with Gasteiger partial charge in [-0.05, 0) is 69.4 Å². The molecule has 0 bridgehead atoms. The number of hydrogen-bond donors (Lipinski definition) is 2. The second kappa shape index (κ2) is 11.5. The lowest BCUT2D eigenvalue weighted by Crippen LogP contribution is -2.37.